The summed E-state index contributed by atoms with van der Waals surface area (Å²) in [6, 6.07) is 14.0. The Balaban J connectivity index is 2.04. The van der Waals surface area contributed by atoms with Gasteiger partial charge in [0.2, 0.25) is 5.91 Å². The zero-order valence-corrected chi connectivity index (χ0v) is 29.9. The van der Waals surface area contributed by atoms with E-state index in [1.54, 1.807) is 20.1 Å². The molecular weight excluding hydrogens is 622 g/mol. The molecule has 0 unspecified atom stereocenters. The van der Waals surface area contributed by atoms with Crippen molar-refractivity contribution in [2.75, 3.05) is 14.2 Å². The summed E-state index contributed by atoms with van der Waals surface area (Å²) in [4.78, 5) is 50.9. The van der Waals surface area contributed by atoms with Gasteiger partial charge in [-0.1, -0.05) is 107 Å². The fourth-order valence-electron chi connectivity index (χ4n) is 5.93. The SMILES string of the molecule is CCCCCCCC(=O)CCCCCCC=C[C@H](C(=O)N[C@@H](Cc1ccc(-c2cccc(OC)c2)cc1)C(=O)OC)[C@@](O)(CCC)C(=O)O. The van der Waals surface area contributed by atoms with Crippen LogP contribution >= 0.6 is 0 Å². The molecule has 0 aromatic heterocycles. The van der Waals surface area contributed by atoms with Crippen molar-refractivity contribution in [3.05, 3.63) is 66.2 Å². The molecule has 0 aliphatic heterocycles. The average molecular weight is 680 g/mol. The summed E-state index contributed by atoms with van der Waals surface area (Å²) < 4.78 is 10.3. The number of carboxylic acids is 1. The highest BCUT2D eigenvalue weighted by Crippen LogP contribution is 2.28. The smallest absolute Gasteiger partial charge is 0.336 e. The molecule has 9 nitrogen and oxygen atoms in total. The van der Waals surface area contributed by atoms with Crippen LogP contribution in [0, 0.1) is 5.92 Å². The van der Waals surface area contributed by atoms with Crippen molar-refractivity contribution in [3.8, 4) is 16.9 Å². The molecule has 0 saturated carbocycles. The third-order valence-corrected chi connectivity index (χ3v) is 8.86. The van der Waals surface area contributed by atoms with E-state index in [0.717, 1.165) is 61.0 Å². The van der Waals surface area contributed by atoms with Gasteiger partial charge in [-0.25, -0.2) is 9.59 Å². The summed E-state index contributed by atoms with van der Waals surface area (Å²) in [5.74, 6) is -3.33. The molecule has 2 rings (SSSR count). The second-order valence-corrected chi connectivity index (χ2v) is 12.8. The van der Waals surface area contributed by atoms with E-state index < -0.39 is 35.4 Å². The molecule has 270 valence electrons. The maximum absolute atomic E-state index is 13.6. The number of ketones is 1. The number of carboxylic acid groups (broad SMARTS) is 1. The monoisotopic (exact) mass is 679 g/mol. The Morgan fingerprint density at radius 3 is 2.08 bits per heavy atom. The highest BCUT2D eigenvalue weighted by molar-refractivity contribution is 5.92. The van der Waals surface area contributed by atoms with E-state index in [2.05, 4.69) is 12.2 Å². The first-order valence-electron chi connectivity index (χ1n) is 17.8. The maximum Gasteiger partial charge on any atom is 0.336 e. The largest absolute Gasteiger partial charge is 0.497 e. The van der Waals surface area contributed by atoms with Gasteiger partial charge in [0.05, 0.1) is 20.1 Å². The number of aliphatic carboxylic acids is 1. The minimum Gasteiger partial charge on any atom is -0.497 e. The molecule has 9 heteroatoms. The number of carbonyl (C=O) groups excluding carboxylic acids is 3. The van der Waals surface area contributed by atoms with Crippen molar-refractivity contribution in [1.29, 1.82) is 0 Å². The van der Waals surface area contributed by atoms with Gasteiger partial charge >= 0.3 is 11.9 Å². The lowest BCUT2D eigenvalue weighted by Gasteiger charge is -2.30. The molecule has 49 heavy (non-hydrogen) atoms. The number of aliphatic hydroxyl groups is 1. The third kappa shape index (κ3) is 14.2. The lowest BCUT2D eigenvalue weighted by molar-refractivity contribution is -0.167. The molecule has 3 atom stereocenters. The van der Waals surface area contributed by atoms with Crippen LogP contribution in [0.2, 0.25) is 0 Å². The van der Waals surface area contributed by atoms with Gasteiger partial charge in [-0.15, -0.1) is 0 Å². The molecule has 0 fully saturated rings. The van der Waals surface area contributed by atoms with E-state index in [0.29, 0.717) is 31.5 Å². The standard InChI is InChI=1S/C40H57NO8/c1-5-7-8-11-14-19-33(42)20-15-12-9-10-13-16-22-35(40(47,27-6-2)39(45)46)37(43)41-36(38(44)49-4)28-30-23-25-31(26-24-30)32-18-17-21-34(29-32)48-3/h16-18,21-26,29,35-36,47H,5-15,19-20,27-28H2,1-4H3,(H,41,43)(H,45,46)/t35-,36+,40+/m1/s1. The van der Waals surface area contributed by atoms with Gasteiger partial charge in [-0.2, -0.15) is 0 Å². The Kier molecular flexibility index (Phi) is 19.0. The van der Waals surface area contributed by atoms with Crippen LogP contribution < -0.4 is 10.1 Å². The van der Waals surface area contributed by atoms with Gasteiger partial charge in [0.25, 0.3) is 0 Å². The van der Waals surface area contributed by atoms with Crippen LogP contribution in [0.3, 0.4) is 0 Å². The number of allylic oxidation sites excluding steroid dienone is 1. The minimum atomic E-state index is -2.36. The lowest BCUT2D eigenvalue weighted by atomic mass is 9.82. The van der Waals surface area contributed by atoms with Gasteiger partial charge in [0, 0.05) is 19.3 Å². The summed E-state index contributed by atoms with van der Waals surface area (Å²) in [5.41, 5.74) is 0.302. The third-order valence-electron chi connectivity index (χ3n) is 8.86. The second kappa shape index (κ2) is 22.6. The number of benzene rings is 2. The topological polar surface area (TPSA) is 139 Å². The first-order chi connectivity index (χ1) is 23.6. The predicted molar refractivity (Wildman–Crippen MR) is 192 cm³/mol. The molecule has 0 spiro atoms. The fourth-order valence-corrected chi connectivity index (χ4v) is 5.93. The molecule has 0 bridgehead atoms. The first-order valence-corrected chi connectivity index (χ1v) is 17.8. The van der Waals surface area contributed by atoms with E-state index in [1.807, 2.05) is 48.5 Å². The fraction of sp³-hybridized carbons (Fsp3) is 0.550. The summed E-state index contributed by atoms with van der Waals surface area (Å²) in [6.07, 6.45) is 14.4. The summed E-state index contributed by atoms with van der Waals surface area (Å²) >= 11 is 0. The van der Waals surface area contributed by atoms with Crippen LogP contribution in [0.1, 0.15) is 109 Å². The lowest BCUT2D eigenvalue weighted by Crippen LogP contribution is -2.54. The van der Waals surface area contributed by atoms with Crippen LogP contribution in [-0.2, 0) is 30.3 Å². The van der Waals surface area contributed by atoms with E-state index in [1.165, 1.54) is 32.4 Å². The summed E-state index contributed by atoms with van der Waals surface area (Å²) in [5, 5.41) is 23.9. The Hall–Kier alpha value is -3.98. The highest BCUT2D eigenvalue weighted by atomic mass is 16.5. The van der Waals surface area contributed by atoms with Crippen molar-refractivity contribution < 1.29 is 38.9 Å². The number of hydrogen-bond donors (Lipinski definition) is 3. The van der Waals surface area contributed by atoms with Crippen molar-refractivity contribution in [1.82, 2.24) is 5.32 Å². The highest BCUT2D eigenvalue weighted by Gasteiger charge is 2.46. The molecule has 0 saturated heterocycles. The van der Waals surface area contributed by atoms with Crippen molar-refractivity contribution in [2.24, 2.45) is 5.92 Å². The number of Topliss-reactive ketones (excluding diaryl/α,β-unsaturated/α-hetero) is 1. The Morgan fingerprint density at radius 2 is 1.49 bits per heavy atom. The van der Waals surface area contributed by atoms with Gasteiger partial charge in [-0.05, 0) is 60.9 Å². The van der Waals surface area contributed by atoms with Crippen LogP contribution in [0.15, 0.2) is 60.7 Å². The molecule has 0 radical (unpaired) electrons. The van der Waals surface area contributed by atoms with Crippen LogP contribution in [0.5, 0.6) is 5.75 Å². The normalized spacial score (nSPS) is 13.7. The number of rotatable bonds is 25. The summed E-state index contributed by atoms with van der Waals surface area (Å²) in [6.45, 7) is 3.91. The zero-order valence-electron chi connectivity index (χ0n) is 29.9. The molecule has 2 aromatic rings. The number of carbonyl (C=O) groups is 4. The van der Waals surface area contributed by atoms with Gasteiger partial charge in [-0.3, -0.25) is 9.59 Å². The van der Waals surface area contributed by atoms with Crippen molar-refractivity contribution in [3.63, 3.8) is 0 Å². The van der Waals surface area contributed by atoms with E-state index in [4.69, 9.17) is 9.47 Å². The Morgan fingerprint density at radius 1 is 0.837 bits per heavy atom. The van der Waals surface area contributed by atoms with Crippen LogP contribution in [-0.4, -0.2) is 59.7 Å². The number of nitrogens with one attached hydrogen (secondary N) is 1. The van der Waals surface area contributed by atoms with Crippen LogP contribution in [0.25, 0.3) is 11.1 Å². The maximum atomic E-state index is 13.6. The van der Waals surface area contributed by atoms with E-state index in [9.17, 15) is 29.4 Å². The number of unbranched alkanes of at least 4 members (excludes halogenated alkanes) is 8. The number of amides is 1. The number of hydrogen-bond acceptors (Lipinski definition) is 7. The van der Waals surface area contributed by atoms with E-state index in [-0.39, 0.29) is 12.8 Å². The van der Waals surface area contributed by atoms with Crippen LogP contribution in [0.4, 0.5) is 0 Å². The zero-order chi connectivity index (χ0) is 36.1. The van der Waals surface area contributed by atoms with Crippen molar-refractivity contribution >= 4 is 23.6 Å². The Bertz CT molecular complexity index is 1340. The van der Waals surface area contributed by atoms with Gasteiger partial charge in [0.1, 0.15) is 17.6 Å². The van der Waals surface area contributed by atoms with E-state index >= 15 is 0 Å². The molecule has 2 aromatic carbocycles. The molecule has 1 amide bonds. The quantitative estimate of drug-likeness (QED) is 0.0553. The average Bonchev–Trinajstić information content (AvgIpc) is 3.10. The molecule has 3 N–H and O–H groups in total. The second-order valence-electron chi connectivity index (χ2n) is 12.8. The first kappa shape index (κ1) is 41.2. The Labute approximate surface area is 292 Å². The number of esters is 1. The van der Waals surface area contributed by atoms with Gasteiger partial charge in [0.15, 0.2) is 5.60 Å². The molecule has 0 aliphatic rings. The van der Waals surface area contributed by atoms with Gasteiger partial charge < -0.3 is 25.0 Å². The number of ether oxygens (including phenoxy) is 2. The molecule has 0 aliphatic carbocycles. The summed E-state index contributed by atoms with van der Waals surface area (Å²) in [7, 11) is 2.83. The number of methoxy groups -OCH3 is 2. The minimum absolute atomic E-state index is 0.105. The molecular formula is C40H57NO8. The molecule has 0 heterocycles. The predicted octanol–water partition coefficient (Wildman–Crippen LogP) is 7.62. The van der Waals surface area contributed by atoms with Crippen molar-refractivity contribution in [2.45, 2.75) is 122 Å².